The zero-order valence-corrected chi connectivity index (χ0v) is 14.3. The highest BCUT2D eigenvalue weighted by molar-refractivity contribution is 5.90. The number of nitrogens with one attached hydrogen (secondary N) is 1. The van der Waals surface area contributed by atoms with Gasteiger partial charge in [0.05, 0.1) is 11.4 Å². The Morgan fingerprint density at radius 2 is 1.36 bits per heavy atom. The van der Waals surface area contributed by atoms with Crippen LogP contribution in [0.2, 0.25) is 0 Å². The van der Waals surface area contributed by atoms with Crippen LogP contribution in [0, 0.1) is 23.3 Å². The van der Waals surface area contributed by atoms with Crippen LogP contribution in [0.15, 0.2) is 66.7 Å². The number of ether oxygens (including phenoxy) is 1. The van der Waals surface area contributed by atoms with E-state index in [0.717, 1.165) is 24.3 Å². The van der Waals surface area contributed by atoms with Gasteiger partial charge in [0.25, 0.3) is 0 Å². The zero-order valence-electron chi connectivity index (χ0n) is 14.3. The number of rotatable bonds is 5. The number of carbonyl (C=O) groups is 1. The number of hydrogen-bond acceptors (Lipinski definition) is 3. The van der Waals surface area contributed by atoms with Gasteiger partial charge in [-0.2, -0.15) is 5.01 Å². The van der Waals surface area contributed by atoms with Crippen molar-refractivity contribution in [2.24, 2.45) is 0 Å². The molecule has 0 aliphatic heterocycles. The lowest BCUT2D eigenvalue weighted by atomic mass is 10.2. The van der Waals surface area contributed by atoms with Crippen molar-refractivity contribution in [3.05, 3.63) is 95.6 Å². The lowest BCUT2D eigenvalue weighted by Gasteiger charge is -2.24. The molecule has 0 fully saturated rings. The number of carbonyl (C=O) groups excluding carboxylic acids is 1. The normalized spacial score (nSPS) is 10.4. The highest BCUT2D eigenvalue weighted by Gasteiger charge is 2.20. The zero-order chi connectivity index (χ0) is 20.1. The first-order valence-electron chi connectivity index (χ1n) is 8.10. The first-order valence-corrected chi connectivity index (χ1v) is 8.10. The average molecular weight is 390 g/mol. The minimum atomic E-state index is -1.03. The molecule has 0 saturated heterocycles. The molecule has 0 aromatic heterocycles. The van der Waals surface area contributed by atoms with E-state index < -0.39 is 29.4 Å². The van der Waals surface area contributed by atoms with Crippen LogP contribution >= 0.6 is 0 Å². The highest BCUT2D eigenvalue weighted by atomic mass is 19.1. The maximum absolute atomic E-state index is 13.6. The number of hydrogen-bond donors (Lipinski definition) is 1. The SMILES string of the molecule is O=C(OCc1ccccc1)N(Nc1cc(F)cc(F)c1)c1cc(F)cc(F)c1. The summed E-state index contributed by atoms with van der Waals surface area (Å²) in [6.45, 7) is -0.118. The third-order valence-corrected chi connectivity index (χ3v) is 3.60. The molecule has 0 unspecified atom stereocenters. The number of anilines is 2. The summed E-state index contributed by atoms with van der Waals surface area (Å²) in [6.07, 6.45) is -1.03. The van der Waals surface area contributed by atoms with E-state index in [1.165, 1.54) is 0 Å². The van der Waals surface area contributed by atoms with Crippen molar-refractivity contribution >= 4 is 17.5 Å². The van der Waals surface area contributed by atoms with Crippen molar-refractivity contribution < 1.29 is 27.1 Å². The van der Waals surface area contributed by atoms with Gasteiger partial charge in [0.1, 0.15) is 29.9 Å². The molecule has 0 bridgehead atoms. The van der Waals surface area contributed by atoms with E-state index >= 15 is 0 Å². The van der Waals surface area contributed by atoms with Crippen LogP contribution in [0.25, 0.3) is 0 Å². The smallest absolute Gasteiger partial charge is 0.433 e. The van der Waals surface area contributed by atoms with Gasteiger partial charge in [0.2, 0.25) is 0 Å². The fourth-order valence-electron chi connectivity index (χ4n) is 2.42. The molecule has 0 aliphatic rings. The molecule has 3 aromatic rings. The Morgan fingerprint density at radius 3 is 1.93 bits per heavy atom. The summed E-state index contributed by atoms with van der Waals surface area (Å²) in [5, 5.41) is 0.656. The Morgan fingerprint density at radius 1 is 0.821 bits per heavy atom. The lowest BCUT2D eigenvalue weighted by Crippen LogP contribution is -2.37. The van der Waals surface area contributed by atoms with E-state index in [2.05, 4.69) is 5.43 Å². The molecular weight excluding hydrogens is 376 g/mol. The largest absolute Gasteiger partial charge is 0.443 e. The Hall–Kier alpha value is -3.55. The standard InChI is InChI=1S/C20H14F4N2O2/c21-14-6-15(22)9-18(8-14)25-26(19-10-16(23)7-17(24)11-19)20(27)28-12-13-4-2-1-3-5-13/h1-11,25H,12H2. The summed E-state index contributed by atoms with van der Waals surface area (Å²) in [6, 6.07) is 13.5. The van der Waals surface area contributed by atoms with E-state index in [4.69, 9.17) is 4.74 Å². The molecular formula is C20H14F4N2O2. The van der Waals surface area contributed by atoms with Gasteiger partial charge in [-0.1, -0.05) is 30.3 Å². The number of hydrazine groups is 1. The third-order valence-electron chi connectivity index (χ3n) is 3.60. The maximum atomic E-state index is 13.6. The first-order chi connectivity index (χ1) is 13.4. The molecule has 144 valence electrons. The summed E-state index contributed by atoms with van der Waals surface area (Å²) in [4.78, 5) is 12.5. The van der Waals surface area contributed by atoms with Gasteiger partial charge in [-0.05, 0) is 29.8 Å². The van der Waals surface area contributed by atoms with E-state index in [1.807, 2.05) is 0 Å². The molecule has 4 nitrogen and oxygen atoms in total. The second-order valence-corrected chi connectivity index (χ2v) is 5.77. The number of amides is 1. The number of nitrogens with zero attached hydrogens (tertiary/aromatic N) is 1. The molecule has 3 rings (SSSR count). The summed E-state index contributed by atoms with van der Waals surface area (Å²) >= 11 is 0. The van der Waals surface area contributed by atoms with Crippen molar-refractivity contribution in [2.45, 2.75) is 6.61 Å². The van der Waals surface area contributed by atoms with Crippen molar-refractivity contribution in [3.8, 4) is 0 Å². The molecule has 1 N–H and O–H groups in total. The Kier molecular flexibility index (Phi) is 5.78. The Balaban J connectivity index is 1.87. The quantitative estimate of drug-likeness (QED) is 0.468. The van der Waals surface area contributed by atoms with Crippen LogP contribution in [-0.2, 0) is 11.3 Å². The van der Waals surface area contributed by atoms with Crippen LogP contribution in [0.1, 0.15) is 5.56 Å². The van der Waals surface area contributed by atoms with Gasteiger partial charge >= 0.3 is 6.09 Å². The van der Waals surface area contributed by atoms with Crippen molar-refractivity contribution in [3.63, 3.8) is 0 Å². The molecule has 0 atom stereocenters. The molecule has 28 heavy (non-hydrogen) atoms. The molecule has 8 heteroatoms. The second kappa shape index (κ2) is 8.43. The fraction of sp³-hybridized carbons (Fsp3) is 0.0500. The van der Waals surface area contributed by atoms with Gasteiger partial charge in [-0.25, -0.2) is 22.4 Å². The van der Waals surface area contributed by atoms with E-state index in [0.29, 0.717) is 22.7 Å². The predicted molar refractivity (Wildman–Crippen MR) is 95.4 cm³/mol. The van der Waals surface area contributed by atoms with Gasteiger partial charge < -0.3 is 4.74 Å². The van der Waals surface area contributed by atoms with E-state index in [1.54, 1.807) is 30.3 Å². The van der Waals surface area contributed by atoms with Crippen LogP contribution in [0.5, 0.6) is 0 Å². The summed E-state index contributed by atoms with van der Waals surface area (Å²) in [5.74, 6) is -3.68. The van der Waals surface area contributed by atoms with Crippen molar-refractivity contribution in [1.29, 1.82) is 0 Å². The van der Waals surface area contributed by atoms with E-state index in [9.17, 15) is 22.4 Å². The minimum Gasteiger partial charge on any atom is -0.443 e. The van der Waals surface area contributed by atoms with Crippen LogP contribution < -0.4 is 10.4 Å². The maximum Gasteiger partial charge on any atom is 0.433 e. The molecule has 0 spiro atoms. The number of benzene rings is 3. The third kappa shape index (κ3) is 5.00. The van der Waals surface area contributed by atoms with Gasteiger partial charge in [-0.3, -0.25) is 5.43 Å². The number of halogens is 4. The van der Waals surface area contributed by atoms with Crippen LogP contribution in [-0.4, -0.2) is 6.09 Å². The van der Waals surface area contributed by atoms with E-state index in [-0.39, 0.29) is 18.0 Å². The fourth-order valence-corrected chi connectivity index (χ4v) is 2.42. The van der Waals surface area contributed by atoms with Crippen LogP contribution in [0.4, 0.5) is 33.7 Å². The topological polar surface area (TPSA) is 41.6 Å². The van der Waals surface area contributed by atoms with Crippen LogP contribution in [0.3, 0.4) is 0 Å². The summed E-state index contributed by atoms with van der Waals surface area (Å²) in [7, 11) is 0. The minimum absolute atomic E-state index is 0.118. The highest BCUT2D eigenvalue weighted by Crippen LogP contribution is 2.22. The first kappa shape index (κ1) is 19.2. The molecule has 3 aromatic carbocycles. The van der Waals surface area contributed by atoms with Gasteiger partial charge in [-0.15, -0.1) is 0 Å². The molecule has 0 heterocycles. The van der Waals surface area contributed by atoms with Gasteiger partial charge in [0.15, 0.2) is 0 Å². The van der Waals surface area contributed by atoms with Crippen molar-refractivity contribution in [2.75, 3.05) is 10.4 Å². The molecule has 0 aliphatic carbocycles. The summed E-state index contributed by atoms with van der Waals surface area (Å²) in [5.41, 5.74) is 2.69. The average Bonchev–Trinajstić information content (AvgIpc) is 2.63. The van der Waals surface area contributed by atoms with Crippen molar-refractivity contribution in [1.82, 2.24) is 0 Å². The molecule has 0 radical (unpaired) electrons. The Labute approximate surface area is 157 Å². The summed E-state index contributed by atoms with van der Waals surface area (Å²) < 4.78 is 59.2. The second-order valence-electron chi connectivity index (χ2n) is 5.77. The Bertz CT molecular complexity index is 943. The predicted octanol–water partition coefficient (Wildman–Crippen LogP) is 5.41. The molecule has 1 amide bonds. The van der Waals surface area contributed by atoms with Gasteiger partial charge in [0, 0.05) is 12.1 Å². The lowest BCUT2D eigenvalue weighted by molar-refractivity contribution is 0.148. The molecule has 0 saturated carbocycles. The monoisotopic (exact) mass is 390 g/mol.